The Kier molecular flexibility index (Phi) is 5.54. The largest absolute Gasteiger partial charge is 0.416 e. The summed E-state index contributed by atoms with van der Waals surface area (Å²) in [6.07, 6.45) is -5.02. The standard InChI is InChI=1S/C9H3Cl3F3N3O4/c10-7(11)8(12)16-6-4(17(19)20)1-3(9(13,14)15)2-5(6)18(21)22/h1-2,7H. The van der Waals surface area contributed by atoms with Crippen LogP contribution in [0.2, 0.25) is 0 Å². The van der Waals surface area contributed by atoms with E-state index in [1.54, 1.807) is 0 Å². The summed E-state index contributed by atoms with van der Waals surface area (Å²) in [4.78, 5) is 21.0. The van der Waals surface area contributed by atoms with Crippen LogP contribution in [0.1, 0.15) is 5.56 Å². The Labute approximate surface area is 134 Å². The van der Waals surface area contributed by atoms with E-state index in [1.807, 2.05) is 0 Å². The van der Waals surface area contributed by atoms with Crippen LogP contribution in [0.3, 0.4) is 0 Å². The van der Waals surface area contributed by atoms with Crippen LogP contribution >= 0.6 is 34.8 Å². The number of nitrogens with zero attached hydrogens (tertiary/aromatic N) is 3. The normalized spacial score (nSPS) is 12.6. The fourth-order valence-corrected chi connectivity index (χ4v) is 1.50. The Morgan fingerprint density at radius 2 is 1.55 bits per heavy atom. The van der Waals surface area contributed by atoms with Gasteiger partial charge in [-0.1, -0.05) is 34.8 Å². The average molecular weight is 380 g/mol. The van der Waals surface area contributed by atoms with Crippen molar-refractivity contribution in [2.45, 2.75) is 11.0 Å². The van der Waals surface area contributed by atoms with Gasteiger partial charge in [-0.3, -0.25) is 20.2 Å². The molecule has 0 aliphatic rings. The molecule has 120 valence electrons. The van der Waals surface area contributed by atoms with Gasteiger partial charge in [0.1, 0.15) is 5.17 Å². The van der Waals surface area contributed by atoms with Crippen LogP contribution in [0.5, 0.6) is 0 Å². The number of hydrogen-bond acceptors (Lipinski definition) is 5. The number of nitro groups is 2. The van der Waals surface area contributed by atoms with Gasteiger partial charge in [0.2, 0.25) is 5.69 Å². The highest BCUT2D eigenvalue weighted by molar-refractivity contribution is 6.77. The van der Waals surface area contributed by atoms with E-state index in [0.717, 1.165) is 0 Å². The van der Waals surface area contributed by atoms with Gasteiger partial charge in [0, 0.05) is 12.1 Å². The van der Waals surface area contributed by atoms with Crippen LogP contribution in [0.4, 0.5) is 30.2 Å². The lowest BCUT2D eigenvalue weighted by Gasteiger charge is -2.08. The molecule has 0 spiro atoms. The van der Waals surface area contributed by atoms with Gasteiger partial charge in [0.15, 0.2) is 4.84 Å². The highest BCUT2D eigenvalue weighted by Crippen LogP contribution is 2.43. The van der Waals surface area contributed by atoms with Crippen molar-refractivity contribution in [3.05, 3.63) is 37.9 Å². The van der Waals surface area contributed by atoms with Gasteiger partial charge < -0.3 is 0 Å². The molecule has 0 aromatic heterocycles. The third-order valence-corrected chi connectivity index (χ3v) is 3.13. The zero-order chi connectivity index (χ0) is 17.2. The second-order valence-corrected chi connectivity index (χ2v) is 5.09. The molecule has 1 aromatic rings. The highest BCUT2D eigenvalue weighted by atomic mass is 35.5. The number of benzene rings is 1. The van der Waals surface area contributed by atoms with Gasteiger partial charge in [0.05, 0.1) is 15.4 Å². The lowest BCUT2D eigenvalue weighted by molar-refractivity contribution is -0.392. The van der Waals surface area contributed by atoms with Crippen LogP contribution in [-0.2, 0) is 6.18 Å². The first-order valence-electron chi connectivity index (χ1n) is 5.01. The Bertz CT molecular complexity index is 628. The van der Waals surface area contributed by atoms with E-state index >= 15 is 0 Å². The third kappa shape index (κ3) is 4.18. The zero-order valence-corrected chi connectivity index (χ0v) is 12.2. The lowest BCUT2D eigenvalue weighted by atomic mass is 10.1. The van der Waals surface area contributed by atoms with Crippen LogP contribution < -0.4 is 0 Å². The van der Waals surface area contributed by atoms with Gasteiger partial charge in [0.25, 0.3) is 0 Å². The summed E-state index contributed by atoms with van der Waals surface area (Å²) in [6.45, 7) is 0. The Morgan fingerprint density at radius 1 is 1.14 bits per heavy atom. The topological polar surface area (TPSA) is 98.6 Å². The minimum atomic E-state index is -5.02. The van der Waals surface area contributed by atoms with Gasteiger partial charge in [-0.25, -0.2) is 4.99 Å². The number of hydrogen-bond donors (Lipinski definition) is 0. The summed E-state index contributed by atoms with van der Waals surface area (Å²) < 4.78 is 37.9. The molecule has 7 nitrogen and oxygen atoms in total. The van der Waals surface area contributed by atoms with Crippen molar-refractivity contribution in [3.63, 3.8) is 0 Å². The molecular formula is C9H3Cl3F3N3O4. The lowest BCUT2D eigenvalue weighted by Crippen LogP contribution is -2.08. The summed E-state index contributed by atoms with van der Waals surface area (Å²) >= 11 is 16.1. The number of rotatable bonds is 4. The highest BCUT2D eigenvalue weighted by Gasteiger charge is 2.37. The van der Waals surface area contributed by atoms with Crippen molar-refractivity contribution >= 4 is 57.0 Å². The Balaban J connectivity index is 3.77. The van der Waals surface area contributed by atoms with E-state index in [9.17, 15) is 33.4 Å². The molecule has 13 heteroatoms. The predicted molar refractivity (Wildman–Crippen MR) is 73.2 cm³/mol. The van der Waals surface area contributed by atoms with E-state index in [1.165, 1.54) is 0 Å². The molecule has 0 aliphatic heterocycles. The quantitative estimate of drug-likeness (QED) is 0.330. The SMILES string of the molecule is O=[N+]([O-])c1cc(C(F)(F)F)cc([N+](=O)[O-])c1N=C(Cl)C(Cl)Cl. The van der Waals surface area contributed by atoms with Crippen molar-refractivity contribution in [2.24, 2.45) is 4.99 Å². The number of aliphatic imine (C=N–C) groups is 1. The molecule has 0 atom stereocenters. The molecule has 22 heavy (non-hydrogen) atoms. The van der Waals surface area contributed by atoms with E-state index in [0.29, 0.717) is 0 Å². The minimum Gasteiger partial charge on any atom is -0.258 e. The number of nitro benzene ring substituents is 2. The fraction of sp³-hybridized carbons (Fsp3) is 0.222. The zero-order valence-electron chi connectivity index (χ0n) is 9.97. The molecule has 0 heterocycles. The molecular weight excluding hydrogens is 377 g/mol. The summed E-state index contributed by atoms with van der Waals surface area (Å²) in [5.74, 6) is 0. The fourth-order valence-electron chi connectivity index (χ4n) is 1.32. The molecule has 0 N–H and O–H groups in total. The van der Waals surface area contributed by atoms with Gasteiger partial charge >= 0.3 is 17.6 Å². The van der Waals surface area contributed by atoms with E-state index in [-0.39, 0.29) is 12.1 Å². The maximum absolute atomic E-state index is 12.6. The third-order valence-electron chi connectivity index (χ3n) is 2.19. The number of halogens is 6. The molecule has 0 saturated heterocycles. The second-order valence-electron chi connectivity index (χ2n) is 3.61. The maximum atomic E-state index is 12.6. The second kappa shape index (κ2) is 6.63. The Hall–Kier alpha value is -1.65. The summed E-state index contributed by atoms with van der Waals surface area (Å²) in [6, 6.07) is 0.209. The van der Waals surface area contributed by atoms with E-state index in [2.05, 4.69) is 4.99 Å². The van der Waals surface area contributed by atoms with Crippen molar-refractivity contribution in [1.82, 2.24) is 0 Å². The Morgan fingerprint density at radius 3 is 1.82 bits per heavy atom. The molecule has 0 saturated carbocycles. The van der Waals surface area contributed by atoms with Crippen molar-refractivity contribution in [2.75, 3.05) is 0 Å². The van der Waals surface area contributed by atoms with Crippen LogP contribution in [0, 0.1) is 20.2 Å². The molecule has 0 bridgehead atoms. The maximum Gasteiger partial charge on any atom is 0.416 e. The molecule has 1 rings (SSSR count). The molecule has 0 aliphatic carbocycles. The van der Waals surface area contributed by atoms with E-state index in [4.69, 9.17) is 34.8 Å². The first kappa shape index (κ1) is 18.4. The first-order valence-corrected chi connectivity index (χ1v) is 6.26. The van der Waals surface area contributed by atoms with Crippen LogP contribution in [0.15, 0.2) is 17.1 Å². The molecule has 1 aromatic carbocycles. The van der Waals surface area contributed by atoms with Crippen molar-refractivity contribution in [3.8, 4) is 0 Å². The summed E-state index contributed by atoms with van der Waals surface area (Å²) in [5.41, 5.74) is -5.07. The minimum absolute atomic E-state index is 0.105. The van der Waals surface area contributed by atoms with Crippen molar-refractivity contribution in [1.29, 1.82) is 0 Å². The molecule has 0 amide bonds. The van der Waals surface area contributed by atoms with Crippen LogP contribution in [0.25, 0.3) is 0 Å². The molecule has 0 unspecified atom stereocenters. The van der Waals surface area contributed by atoms with Gasteiger partial charge in [-0.05, 0) is 0 Å². The monoisotopic (exact) mass is 379 g/mol. The molecule has 0 fully saturated rings. The van der Waals surface area contributed by atoms with Crippen molar-refractivity contribution < 1.29 is 23.0 Å². The van der Waals surface area contributed by atoms with Gasteiger partial charge in [-0.2, -0.15) is 13.2 Å². The van der Waals surface area contributed by atoms with E-state index < -0.39 is 48.7 Å². The first-order chi connectivity index (χ1) is 9.95. The van der Waals surface area contributed by atoms with Crippen LogP contribution in [-0.4, -0.2) is 19.9 Å². The average Bonchev–Trinajstić information content (AvgIpc) is 2.36. The van der Waals surface area contributed by atoms with Gasteiger partial charge in [-0.15, -0.1) is 0 Å². The molecule has 0 radical (unpaired) electrons. The summed E-state index contributed by atoms with van der Waals surface area (Å²) in [5, 5.41) is 21.1. The number of alkyl halides is 5. The summed E-state index contributed by atoms with van der Waals surface area (Å²) in [7, 11) is 0. The predicted octanol–water partition coefficient (Wildman–Crippen LogP) is 4.59. The smallest absolute Gasteiger partial charge is 0.258 e.